The van der Waals surface area contributed by atoms with Gasteiger partial charge in [0.25, 0.3) is 0 Å². The van der Waals surface area contributed by atoms with Crippen LogP contribution >= 0.6 is 0 Å². The lowest BCUT2D eigenvalue weighted by molar-refractivity contribution is -0.137. The van der Waals surface area contributed by atoms with E-state index in [2.05, 4.69) is 30.6 Å². The molecule has 0 spiro atoms. The summed E-state index contributed by atoms with van der Waals surface area (Å²) < 4.78 is 0. The molecule has 0 fully saturated rings. The maximum Gasteiger partial charge on any atom is 0.303 e. The minimum absolute atomic E-state index is 0.300. The van der Waals surface area contributed by atoms with Gasteiger partial charge in [0, 0.05) is 19.3 Å². The van der Waals surface area contributed by atoms with E-state index in [1.54, 1.807) is 0 Å². The van der Waals surface area contributed by atoms with Crippen molar-refractivity contribution in [3.05, 3.63) is 0 Å². The molecule has 0 rings (SSSR count). The Kier molecular flexibility index (Phi) is 16.5. The number of carboxylic acid groups (broad SMARTS) is 1. The molecule has 0 unspecified atom stereocenters. The Morgan fingerprint density at radius 1 is 0.727 bits per heavy atom. The first-order valence-corrected chi connectivity index (χ1v) is 8.95. The first-order chi connectivity index (χ1) is 10.8. The smallest absolute Gasteiger partial charge is 0.303 e. The minimum Gasteiger partial charge on any atom is -0.481 e. The molecule has 2 heteroatoms. The second-order valence-corrected chi connectivity index (χ2v) is 5.78. The highest BCUT2D eigenvalue weighted by molar-refractivity contribution is 5.66. The van der Waals surface area contributed by atoms with E-state index in [4.69, 9.17) is 5.11 Å². The topological polar surface area (TPSA) is 37.3 Å². The molecule has 0 saturated carbocycles. The van der Waals surface area contributed by atoms with Crippen molar-refractivity contribution in [3.8, 4) is 23.7 Å². The molecule has 124 valence electrons. The maximum atomic E-state index is 10.3. The summed E-state index contributed by atoms with van der Waals surface area (Å²) in [6.45, 7) is 2.24. The molecular weight excluding hydrogens is 272 g/mol. The van der Waals surface area contributed by atoms with E-state index in [0.717, 1.165) is 44.9 Å². The maximum absolute atomic E-state index is 10.3. The Balaban J connectivity index is 3.28. The van der Waals surface area contributed by atoms with Crippen LogP contribution in [0, 0.1) is 23.7 Å². The first-order valence-electron chi connectivity index (χ1n) is 8.95. The number of hydrogen-bond acceptors (Lipinski definition) is 1. The van der Waals surface area contributed by atoms with Crippen molar-refractivity contribution in [1.82, 2.24) is 0 Å². The molecule has 0 aromatic rings. The molecule has 0 aromatic heterocycles. The van der Waals surface area contributed by atoms with Crippen LogP contribution in [-0.2, 0) is 4.79 Å². The largest absolute Gasteiger partial charge is 0.481 e. The van der Waals surface area contributed by atoms with Gasteiger partial charge in [-0.05, 0) is 31.1 Å². The molecule has 0 bridgehead atoms. The summed E-state index contributed by atoms with van der Waals surface area (Å²) in [4.78, 5) is 10.3. The fraction of sp³-hybridized carbons (Fsp3) is 0.750. The lowest BCUT2D eigenvalue weighted by Gasteiger charge is -1.97. The van der Waals surface area contributed by atoms with Crippen molar-refractivity contribution in [3.63, 3.8) is 0 Å². The lowest BCUT2D eigenvalue weighted by atomic mass is 10.1. The van der Waals surface area contributed by atoms with E-state index >= 15 is 0 Å². The van der Waals surface area contributed by atoms with E-state index in [1.807, 2.05) is 0 Å². The highest BCUT2D eigenvalue weighted by Crippen LogP contribution is 2.07. The number of carboxylic acids is 1. The summed E-state index contributed by atoms with van der Waals surface area (Å²) in [5.41, 5.74) is 0. The molecule has 0 radical (unpaired) electrons. The molecule has 0 aliphatic carbocycles. The van der Waals surface area contributed by atoms with Crippen LogP contribution in [0.2, 0.25) is 0 Å². The molecular formula is C20H32O2. The predicted octanol–water partition coefficient (Wildman–Crippen LogP) is 5.56. The zero-order chi connectivity index (χ0) is 16.3. The third-order valence-corrected chi connectivity index (χ3v) is 3.59. The summed E-state index contributed by atoms with van der Waals surface area (Å²) >= 11 is 0. The fourth-order valence-corrected chi connectivity index (χ4v) is 2.23. The van der Waals surface area contributed by atoms with E-state index in [1.165, 1.54) is 38.5 Å². The number of carbonyl (C=O) groups is 1. The van der Waals surface area contributed by atoms with Crippen LogP contribution in [0.15, 0.2) is 0 Å². The first kappa shape index (κ1) is 20.6. The van der Waals surface area contributed by atoms with Crippen LogP contribution in [0.5, 0.6) is 0 Å². The van der Waals surface area contributed by atoms with E-state index in [0.29, 0.717) is 6.42 Å². The summed E-state index contributed by atoms with van der Waals surface area (Å²) in [5, 5.41) is 8.51. The quantitative estimate of drug-likeness (QED) is 0.357. The van der Waals surface area contributed by atoms with Gasteiger partial charge in [-0.15, -0.1) is 0 Å². The molecule has 1 N–H and O–H groups in total. The predicted molar refractivity (Wildman–Crippen MR) is 93.5 cm³/mol. The standard InChI is InChI=1S/C20H32O2/c1-2-3-4-5-6-7-8-9-10-11-12-13-14-15-16-17-18-19-20(21)22/h2-8,13-19H2,1H3,(H,21,22). The number of hydrogen-bond donors (Lipinski definition) is 1. The Labute approximate surface area is 137 Å². The highest BCUT2D eigenvalue weighted by atomic mass is 16.4. The van der Waals surface area contributed by atoms with Gasteiger partial charge in [-0.3, -0.25) is 4.79 Å². The van der Waals surface area contributed by atoms with Gasteiger partial charge in [0.1, 0.15) is 0 Å². The van der Waals surface area contributed by atoms with Crippen molar-refractivity contribution in [2.75, 3.05) is 0 Å². The minimum atomic E-state index is -0.689. The highest BCUT2D eigenvalue weighted by Gasteiger charge is 1.95. The Morgan fingerprint density at radius 2 is 1.18 bits per heavy atom. The van der Waals surface area contributed by atoms with Crippen molar-refractivity contribution in [1.29, 1.82) is 0 Å². The van der Waals surface area contributed by atoms with E-state index < -0.39 is 5.97 Å². The Hall–Kier alpha value is -1.41. The third-order valence-electron chi connectivity index (χ3n) is 3.59. The molecule has 0 heterocycles. The van der Waals surface area contributed by atoms with Crippen molar-refractivity contribution in [2.45, 2.75) is 96.8 Å². The zero-order valence-corrected chi connectivity index (χ0v) is 14.3. The normalized spacial score (nSPS) is 9.50. The third kappa shape index (κ3) is 18.6. The number of rotatable bonds is 13. The molecule has 0 amide bonds. The molecule has 0 aromatic carbocycles. The second-order valence-electron chi connectivity index (χ2n) is 5.78. The molecule has 0 atom stereocenters. The average Bonchev–Trinajstić information content (AvgIpc) is 2.50. The molecule has 0 saturated heterocycles. The van der Waals surface area contributed by atoms with Gasteiger partial charge < -0.3 is 5.11 Å². The summed E-state index contributed by atoms with van der Waals surface area (Å²) in [6.07, 6.45) is 15.2. The van der Waals surface area contributed by atoms with Crippen LogP contribution in [0.25, 0.3) is 0 Å². The second kappa shape index (κ2) is 17.6. The van der Waals surface area contributed by atoms with Gasteiger partial charge in [0.05, 0.1) is 0 Å². The molecule has 0 aliphatic rings. The van der Waals surface area contributed by atoms with Gasteiger partial charge in [-0.1, -0.05) is 70.1 Å². The average molecular weight is 304 g/mol. The van der Waals surface area contributed by atoms with Gasteiger partial charge in [-0.25, -0.2) is 0 Å². The molecule has 22 heavy (non-hydrogen) atoms. The Bertz CT molecular complexity index is 376. The Morgan fingerprint density at radius 3 is 1.68 bits per heavy atom. The van der Waals surface area contributed by atoms with Crippen molar-refractivity contribution in [2.24, 2.45) is 0 Å². The van der Waals surface area contributed by atoms with Crippen LogP contribution in [0.3, 0.4) is 0 Å². The van der Waals surface area contributed by atoms with Gasteiger partial charge in [-0.2, -0.15) is 0 Å². The van der Waals surface area contributed by atoms with Crippen molar-refractivity contribution >= 4 is 5.97 Å². The van der Waals surface area contributed by atoms with Crippen LogP contribution in [0.1, 0.15) is 96.8 Å². The van der Waals surface area contributed by atoms with Gasteiger partial charge >= 0.3 is 5.97 Å². The monoisotopic (exact) mass is 304 g/mol. The van der Waals surface area contributed by atoms with Crippen LogP contribution in [-0.4, -0.2) is 11.1 Å². The summed E-state index contributed by atoms with van der Waals surface area (Å²) in [7, 11) is 0. The van der Waals surface area contributed by atoms with E-state index in [-0.39, 0.29) is 0 Å². The van der Waals surface area contributed by atoms with Crippen LogP contribution in [0.4, 0.5) is 0 Å². The van der Waals surface area contributed by atoms with Crippen LogP contribution < -0.4 is 0 Å². The fourth-order valence-electron chi connectivity index (χ4n) is 2.23. The SMILES string of the molecule is CCCCCCCCC#CC#CCCCCCCCC(=O)O. The number of unbranched alkanes of at least 4 members (excludes halogenated alkanes) is 11. The molecule has 2 nitrogen and oxygen atoms in total. The lowest BCUT2D eigenvalue weighted by Crippen LogP contribution is -1.93. The zero-order valence-electron chi connectivity index (χ0n) is 14.3. The number of aliphatic carboxylic acids is 1. The molecule has 0 aliphatic heterocycles. The van der Waals surface area contributed by atoms with Gasteiger partial charge in [0.15, 0.2) is 0 Å². The van der Waals surface area contributed by atoms with Gasteiger partial charge in [0.2, 0.25) is 0 Å². The summed E-state index contributed by atoms with van der Waals surface area (Å²) in [5.74, 6) is 11.4. The van der Waals surface area contributed by atoms with Crippen molar-refractivity contribution < 1.29 is 9.90 Å². The summed E-state index contributed by atoms with van der Waals surface area (Å²) in [6, 6.07) is 0. The van der Waals surface area contributed by atoms with E-state index in [9.17, 15) is 4.79 Å².